The summed E-state index contributed by atoms with van der Waals surface area (Å²) >= 11 is 3.28. The normalized spacial score (nSPS) is 12.0. The summed E-state index contributed by atoms with van der Waals surface area (Å²) in [6.07, 6.45) is 3.42. The number of fused-ring (bicyclic) bond motifs is 1. The summed E-state index contributed by atoms with van der Waals surface area (Å²) in [6.45, 7) is 1.31. The van der Waals surface area contributed by atoms with E-state index >= 15 is 0 Å². The second kappa shape index (κ2) is 7.97. The summed E-state index contributed by atoms with van der Waals surface area (Å²) in [5.74, 6) is -1.28. The number of hydrogen-bond donors (Lipinski definition) is 3. The maximum absolute atomic E-state index is 13.4. The van der Waals surface area contributed by atoms with E-state index in [1.54, 1.807) is 25.5 Å². The zero-order valence-electron chi connectivity index (χ0n) is 15.2. The number of hydrogen-bond acceptors (Lipinski definition) is 3. The molecule has 0 aliphatic rings. The van der Waals surface area contributed by atoms with E-state index in [4.69, 9.17) is 0 Å². The first-order chi connectivity index (χ1) is 13.2. The Balaban J connectivity index is 1.88. The topological polar surface area (TPSA) is 96.0 Å². The first-order valence-corrected chi connectivity index (χ1v) is 9.23. The van der Waals surface area contributed by atoms with Crippen LogP contribution in [0.1, 0.15) is 12.5 Å². The Bertz CT molecular complexity index is 1120. The zero-order valence-corrected chi connectivity index (χ0v) is 16.8. The molecule has 0 spiro atoms. The zero-order chi connectivity index (χ0) is 20.4. The van der Waals surface area contributed by atoms with Crippen LogP contribution in [0.25, 0.3) is 10.9 Å². The average Bonchev–Trinajstić information content (AvgIpc) is 3.00. The lowest BCUT2D eigenvalue weighted by Crippen LogP contribution is -2.45. The molecule has 2 amide bonds. The van der Waals surface area contributed by atoms with Crippen molar-refractivity contribution < 1.29 is 14.0 Å². The lowest BCUT2D eigenvalue weighted by Gasteiger charge is -2.17. The molecule has 146 valence electrons. The fourth-order valence-corrected chi connectivity index (χ4v) is 3.52. The summed E-state index contributed by atoms with van der Waals surface area (Å²) in [7, 11) is 1.57. The van der Waals surface area contributed by atoms with Crippen LogP contribution in [0.4, 0.5) is 10.1 Å². The minimum Gasteiger partial charge on any atom is -0.361 e. The van der Waals surface area contributed by atoms with Gasteiger partial charge in [0.05, 0.1) is 0 Å². The fraction of sp³-hybridized carbons (Fsp3) is 0.211. The number of nitrogens with one attached hydrogen (secondary N) is 3. The molecule has 3 aromatic rings. The van der Waals surface area contributed by atoms with Gasteiger partial charge in [-0.1, -0.05) is 0 Å². The van der Waals surface area contributed by atoms with Crippen LogP contribution in [0, 0.1) is 5.82 Å². The van der Waals surface area contributed by atoms with Gasteiger partial charge in [0.25, 0.3) is 5.56 Å². The van der Waals surface area contributed by atoms with E-state index < -0.39 is 11.9 Å². The van der Waals surface area contributed by atoms with Gasteiger partial charge in [-0.15, -0.1) is 0 Å². The maximum atomic E-state index is 13.4. The third-order valence-corrected chi connectivity index (χ3v) is 4.69. The molecule has 2 heterocycles. The molecular weight excluding hydrogens is 431 g/mol. The fourth-order valence-electron chi connectivity index (χ4n) is 2.98. The minimum absolute atomic E-state index is 0.0956. The molecule has 1 unspecified atom stereocenters. The Morgan fingerprint density at radius 2 is 2.07 bits per heavy atom. The predicted molar refractivity (Wildman–Crippen MR) is 108 cm³/mol. The second-order valence-electron chi connectivity index (χ2n) is 6.44. The van der Waals surface area contributed by atoms with E-state index in [9.17, 15) is 18.8 Å². The van der Waals surface area contributed by atoms with Crippen molar-refractivity contribution in [3.05, 3.63) is 62.9 Å². The number of rotatable bonds is 5. The van der Waals surface area contributed by atoms with Gasteiger partial charge in [-0.05, 0) is 45.8 Å². The van der Waals surface area contributed by atoms with Crippen LogP contribution in [-0.2, 0) is 23.1 Å². The number of pyridine rings is 1. The number of nitrogens with zero attached hydrogens (tertiary/aromatic N) is 1. The molecule has 2 aromatic heterocycles. The van der Waals surface area contributed by atoms with E-state index in [1.165, 1.54) is 29.7 Å². The van der Waals surface area contributed by atoms with Gasteiger partial charge in [-0.3, -0.25) is 14.4 Å². The molecule has 3 rings (SSSR count). The molecule has 1 atom stereocenters. The van der Waals surface area contributed by atoms with Gasteiger partial charge >= 0.3 is 0 Å². The number of benzene rings is 1. The lowest BCUT2D eigenvalue weighted by molar-refractivity contribution is -0.125. The highest BCUT2D eigenvalue weighted by Gasteiger charge is 2.23. The third kappa shape index (κ3) is 4.30. The first kappa shape index (κ1) is 19.8. The SMILES string of the molecule is CC(=O)NC(Cc1c[nH]c2cc(F)ccc12)C(=O)Nc1cc(Br)cn(C)c1=O. The molecule has 0 bridgehead atoms. The predicted octanol–water partition coefficient (Wildman–Crippen LogP) is 2.45. The highest BCUT2D eigenvalue weighted by Crippen LogP contribution is 2.21. The van der Waals surface area contributed by atoms with Gasteiger partial charge in [0.1, 0.15) is 17.5 Å². The standard InChI is InChI=1S/C19H18BrFN4O3/c1-10(26)23-16(5-11-8-22-15-7-13(21)3-4-14(11)15)18(27)24-17-6-12(20)9-25(2)19(17)28/h3-4,6-9,16,22H,5H2,1-2H3,(H,23,26)(H,24,27). The summed E-state index contributed by atoms with van der Waals surface area (Å²) in [5, 5.41) is 5.94. The van der Waals surface area contributed by atoms with E-state index in [-0.39, 0.29) is 29.4 Å². The van der Waals surface area contributed by atoms with Gasteiger partial charge in [-0.25, -0.2) is 4.39 Å². The second-order valence-corrected chi connectivity index (χ2v) is 7.35. The largest absolute Gasteiger partial charge is 0.361 e. The van der Waals surface area contributed by atoms with E-state index in [0.29, 0.717) is 9.99 Å². The monoisotopic (exact) mass is 448 g/mol. The Morgan fingerprint density at radius 3 is 2.79 bits per heavy atom. The van der Waals surface area contributed by atoms with Crippen LogP contribution in [-0.4, -0.2) is 27.4 Å². The lowest BCUT2D eigenvalue weighted by atomic mass is 10.0. The van der Waals surface area contributed by atoms with Gasteiger partial charge in [0, 0.05) is 48.2 Å². The van der Waals surface area contributed by atoms with Crippen LogP contribution < -0.4 is 16.2 Å². The van der Waals surface area contributed by atoms with Crippen LogP contribution in [0.2, 0.25) is 0 Å². The number of carbonyl (C=O) groups is 2. The quantitative estimate of drug-likeness (QED) is 0.559. The molecule has 0 radical (unpaired) electrons. The third-order valence-electron chi connectivity index (χ3n) is 4.26. The molecule has 0 aliphatic heterocycles. The molecule has 0 saturated carbocycles. The van der Waals surface area contributed by atoms with Crippen LogP contribution in [0.15, 0.2) is 45.9 Å². The van der Waals surface area contributed by atoms with E-state index in [1.807, 2.05) is 0 Å². The molecule has 0 aliphatic carbocycles. The smallest absolute Gasteiger partial charge is 0.274 e. The molecule has 0 saturated heterocycles. The average molecular weight is 449 g/mol. The summed E-state index contributed by atoms with van der Waals surface area (Å²) in [4.78, 5) is 39.6. The van der Waals surface area contributed by atoms with Crippen LogP contribution >= 0.6 is 15.9 Å². The highest BCUT2D eigenvalue weighted by molar-refractivity contribution is 9.10. The molecular formula is C19H18BrFN4O3. The Morgan fingerprint density at radius 1 is 1.32 bits per heavy atom. The van der Waals surface area contributed by atoms with Crippen molar-refractivity contribution in [1.29, 1.82) is 0 Å². The number of halogens is 2. The summed E-state index contributed by atoms with van der Waals surface area (Å²) in [6, 6.07) is 4.89. The maximum Gasteiger partial charge on any atom is 0.274 e. The number of aromatic amines is 1. The van der Waals surface area contributed by atoms with Gasteiger partial charge in [-0.2, -0.15) is 0 Å². The molecule has 3 N–H and O–H groups in total. The number of H-pyrrole nitrogens is 1. The van der Waals surface area contributed by atoms with Crippen molar-refractivity contribution in [2.24, 2.45) is 7.05 Å². The van der Waals surface area contributed by atoms with Crippen LogP contribution in [0.3, 0.4) is 0 Å². The molecule has 9 heteroatoms. The number of anilines is 1. The summed E-state index contributed by atoms with van der Waals surface area (Å²) in [5.41, 5.74) is 1.06. The first-order valence-electron chi connectivity index (χ1n) is 8.44. The van der Waals surface area contributed by atoms with Gasteiger partial charge in [0.15, 0.2) is 0 Å². The molecule has 7 nitrogen and oxygen atoms in total. The van der Waals surface area contributed by atoms with Crippen molar-refractivity contribution in [3.63, 3.8) is 0 Å². The van der Waals surface area contributed by atoms with Crippen molar-refractivity contribution in [2.75, 3.05) is 5.32 Å². The summed E-state index contributed by atoms with van der Waals surface area (Å²) < 4.78 is 15.3. The number of aromatic nitrogens is 2. The number of amides is 2. The van der Waals surface area contributed by atoms with Gasteiger partial charge in [0.2, 0.25) is 11.8 Å². The highest BCUT2D eigenvalue weighted by atomic mass is 79.9. The van der Waals surface area contributed by atoms with Crippen LogP contribution in [0.5, 0.6) is 0 Å². The van der Waals surface area contributed by atoms with Gasteiger partial charge < -0.3 is 20.2 Å². The molecule has 28 heavy (non-hydrogen) atoms. The van der Waals surface area contributed by atoms with Crippen molar-refractivity contribution in [2.45, 2.75) is 19.4 Å². The molecule has 0 fully saturated rings. The van der Waals surface area contributed by atoms with Crippen molar-refractivity contribution in [3.8, 4) is 0 Å². The van der Waals surface area contributed by atoms with Crippen molar-refractivity contribution >= 4 is 44.3 Å². The van der Waals surface area contributed by atoms with E-state index in [2.05, 4.69) is 31.5 Å². The number of aryl methyl sites for hydroxylation is 1. The number of carbonyl (C=O) groups excluding carboxylic acids is 2. The Hall–Kier alpha value is -2.94. The van der Waals surface area contributed by atoms with E-state index in [0.717, 1.165) is 10.9 Å². The Labute approximate surface area is 168 Å². The Kier molecular flexibility index (Phi) is 5.64. The van der Waals surface area contributed by atoms with Crippen molar-refractivity contribution in [1.82, 2.24) is 14.9 Å². The molecule has 1 aromatic carbocycles. The minimum atomic E-state index is -0.912.